The molecule has 2 aromatic rings. The van der Waals surface area contributed by atoms with Gasteiger partial charge in [0, 0.05) is 11.6 Å². The summed E-state index contributed by atoms with van der Waals surface area (Å²) < 4.78 is 1.91. The Morgan fingerprint density at radius 3 is 2.84 bits per heavy atom. The van der Waals surface area contributed by atoms with E-state index in [4.69, 9.17) is 5.11 Å². The highest BCUT2D eigenvalue weighted by Gasteiger charge is 2.28. The van der Waals surface area contributed by atoms with Crippen LogP contribution in [0.1, 0.15) is 35.7 Å². The zero-order valence-electron chi connectivity index (χ0n) is 10.8. The van der Waals surface area contributed by atoms with Gasteiger partial charge in [0.15, 0.2) is 0 Å². The van der Waals surface area contributed by atoms with E-state index in [2.05, 4.69) is 11.2 Å². The van der Waals surface area contributed by atoms with E-state index in [9.17, 15) is 4.79 Å². The van der Waals surface area contributed by atoms with E-state index >= 15 is 0 Å². The van der Waals surface area contributed by atoms with E-state index in [0.717, 1.165) is 11.4 Å². The normalized spacial score (nSPS) is 14.6. The molecule has 0 radical (unpaired) electrons. The van der Waals surface area contributed by atoms with E-state index in [1.807, 2.05) is 35.9 Å². The number of aromatic nitrogens is 2. The minimum absolute atomic E-state index is 0.0153. The van der Waals surface area contributed by atoms with Gasteiger partial charge < -0.3 is 5.11 Å². The molecule has 1 aromatic carbocycles. The maximum atomic E-state index is 10.8. The molecule has 0 atom stereocenters. The summed E-state index contributed by atoms with van der Waals surface area (Å²) in [4.78, 5) is 10.8. The Bertz CT molecular complexity index is 627. The van der Waals surface area contributed by atoms with Crippen LogP contribution in [0, 0.1) is 6.92 Å². The second kappa shape index (κ2) is 4.53. The molecule has 1 aliphatic rings. The van der Waals surface area contributed by atoms with E-state index in [0.29, 0.717) is 11.6 Å². The Hall–Kier alpha value is -2.10. The monoisotopic (exact) mass is 256 g/mol. The highest BCUT2D eigenvalue weighted by Crippen LogP contribution is 2.41. The van der Waals surface area contributed by atoms with Crippen molar-refractivity contribution in [3.8, 4) is 5.69 Å². The zero-order valence-corrected chi connectivity index (χ0v) is 10.8. The van der Waals surface area contributed by atoms with Crippen molar-refractivity contribution in [2.75, 3.05) is 0 Å². The molecule has 1 heterocycles. The largest absolute Gasteiger partial charge is 0.481 e. The molecule has 3 rings (SSSR count). The van der Waals surface area contributed by atoms with Gasteiger partial charge in [0.05, 0.1) is 17.8 Å². The summed E-state index contributed by atoms with van der Waals surface area (Å²) in [5, 5.41) is 13.3. The van der Waals surface area contributed by atoms with Crippen LogP contribution in [0.25, 0.3) is 5.69 Å². The standard InChI is InChI=1S/C15H16N2O2/c1-10-3-2-4-13(7-10)17-14(11-5-6-11)8-12(16-17)9-15(18)19/h2-4,7-8,11H,5-6,9H2,1H3,(H,18,19). The van der Waals surface area contributed by atoms with Crippen molar-refractivity contribution in [2.24, 2.45) is 0 Å². The van der Waals surface area contributed by atoms with Crippen LogP contribution in [0.15, 0.2) is 30.3 Å². The molecule has 0 saturated heterocycles. The number of hydrogen-bond donors (Lipinski definition) is 1. The van der Waals surface area contributed by atoms with Gasteiger partial charge in [0.2, 0.25) is 0 Å². The fraction of sp³-hybridized carbons (Fsp3) is 0.333. The van der Waals surface area contributed by atoms with Crippen molar-refractivity contribution in [2.45, 2.75) is 32.1 Å². The first-order chi connectivity index (χ1) is 9.13. The quantitative estimate of drug-likeness (QED) is 0.915. The number of rotatable bonds is 4. The van der Waals surface area contributed by atoms with E-state index in [1.165, 1.54) is 18.4 Å². The second-order valence-corrected chi connectivity index (χ2v) is 5.16. The minimum atomic E-state index is -0.837. The number of carboxylic acids is 1. The van der Waals surface area contributed by atoms with Gasteiger partial charge in [-0.15, -0.1) is 0 Å². The minimum Gasteiger partial charge on any atom is -0.481 e. The lowest BCUT2D eigenvalue weighted by Crippen LogP contribution is -2.04. The summed E-state index contributed by atoms with van der Waals surface area (Å²) in [6.07, 6.45) is 2.33. The Kier molecular flexibility index (Phi) is 2.85. The molecule has 1 saturated carbocycles. The molecule has 0 unspecified atom stereocenters. The first-order valence-corrected chi connectivity index (χ1v) is 6.51. The number of carbonyl (C=O) groups is 1. The van der Waals surface area contributed by atoms with E-state index in [1.54, 1.807) is 0 Å². The summed E-state index contributed by atoms with van der Waals surface area (Å²) >= 11 is 0. The molecular weight excluding hydrogens is 240 g/mol. The fourth-order valence-electron chi connectivity index (χ4n) is 2.32. The number of nitrogens with zero attached hydrogens (tertiary/aromatic N) is 2. The zero-order chi connectivity index (χ0) is 13.4. The number of hydrogen-bond acceptors (Lipinski definition) is 2. The number of carboxylic acid groups (broad SMARTS) is 1. The van der Waals surface area contributed by atoms with Crippen LogP contribution in [-0.4, -0.2) is 20.9 Å². The second-order valence-electron chi connectivity index (χ2n) is 5.16. The van der Waals surface area contributed by atoms with Crippen molar-refractivity contribution in [1.29, 1.82) is 0 Å². The lowest BCUT2D eigenvalue weighted by atomic mass is 10.2. The topological polar surface area (TPSA) is 55.1 Å². The first kappa shape index (κ1) is 12.0. The molecule has 0 aliphatic heterocycles. The predicted octanol–water partition coefficient (Wildman–Crippen LogP) is 2.69. The third-order valence-electron chi connectivity index (χ3n) is 3.36. The van der Waals surface area contributed by atoms with Crippen molar-refractivity contribution in [3.63, 3.8) is 0 Å². The third-order valence-corrected chi connectivity index (χ3v) is 3.36. The number of benzene rings is 1. The first-order valence-electron chi connectivity index (χ1n) is 6.51. The van der Waals surface area contributed by atoms with Crippen LogP contribution in [0.4, 0.5) is 0 Å². The molecule has 1 aliphatic carbocycles. The van der Waals surface area contributed by atoms with E-state index in [-0.39, 0.29) is 6.42 Å². The van der Waals surface area contributed by atoms with Gasteiger partial charge >= 0.3 is 5.97 Å². The molecular formula is C15H16N2O2. The van der Waals surface area contributed by atoms with Gasteiger partial charge in [-0.1, -0.05) is 12.1 Å². The smallest absolute Gasteiger partial charge is 0.309 e. The molecule has 0 spiro atoms. The maximum absolute atomic E-state index is 10.8. The molecule has 98 valence electrons. The molecule has 4 heteroatoms. The Balaban J connectivity index is 2.03. The summed E-state index contributed by atoms with van der Waals surface area (Å²) in [5.74, 6) is -0.299. The van der Waals surface area contributed by atoms with Crippen molar-refractivity contribution in [3.05, 3.63) is 47.3 Å². The van der Waals surface area contributed by atoms with Gasteiger partial charge in [0.25, 0.3) is 0 Å². The Labute approximate surface area is 111 Å². The van der Waals surface area contributed by atoms with Gasteiger partial charge in [0.1, 0.15) is 0 Å². The van der Waals surface area contributed by atoms with Crippen molar-refractivity contribution in [1.82, 2.24) is 9.78 Å². The lowest BCUT2D eigenvalue weighted by Gasteiger charge is -2.07. The van der Waals surface area contributed by atoms with Crippen LogP contribution < -0.4 is 0 Å². The molecule has 0 bridgehead atoms. The number of aryl methyl sites for hydroxylation is 1. The third kappa shape index (κ3) is 2.52. The Morgan fingerprint density at radius 2 is 2.21 bits per heavy atom. The predicted molar refractivity (Wildman–Crippen MR) is 71.6 cm³/mol. The molecule has 4 nitrogen and oxygen atoms in total. The molecule has 1 aromatic heterocycles. The van der Waals surface area contributed by atoms with Crippen LogP contribution in [-0.2, 0) is 11.2 Å². The summed E-state index contributed by atoms with van der Waals surface area (Å²) in [6, 6.07) is 10.1. The summed E-state index contributed by atoms with van der Waals surface area (Å²) in [7, 11) is 0. The van der Waals surface area contributed by atoms with Crippen LogP contribution >= 0.6 is 0 Å². The highest BCUT2D eigenvalue weighted by molar-refractivity contribution is 5.69. The fourth-order valence-corrected chi connectivity index (χ4v) is 2.32. The summed E-state index contributed by atoms with van der Waals surface area (Å²) in [6.45, 7) is 2.04. The average Bonchev–Trinajstić information content (AvgIpc) is 3.11. The van der Waals surface area contributed by atoms with Gasteiger partial charge in [-0.25, -0.2) is 4.68 Å². The molecule has 1 N–H and O–H groups in total. The Morgan fingerprint density at radius 1 is 1.42 bits per heavy atom. The molecule has 0 amide bonds. The van der Waals surface area contributed by atoms with Crippen molar-refractivity contribution < 1.29 is 9.90 Å². The van der Waals surface area contributed by atoms with Crippen LogP contribution in [0.5, 0.6) is 0 Å². The molecule has 1 fully saturated rings. The highest BCUT2D eigenvalue weighted by atomic mass is 16.4. The maximum Gasteiger partial charge on any atom is 0.309 e. The lowest BCUT2D eigenvalue weighted by molar-refractivity contribution is -0.136. The van der Waals surface area contributed by atoms with Gasteiger partial charge in [-0.2, -0.15) is 5.10 Å². The summed E-state index contributed by atoms with van der Waals surface area (Å²) in [5.41, 5.74) is 3.96. The van der Waals surface area contributed by atoms with Crippen molar-refractivity contribution >= 4 is 5.97 Å². The van der Waals surface area contributed by atoms with Gasteiger partial charge in [-0.05, 0) is 43.5 Å². The number of aliphatic carboxylic acids is 1. The van der Waals surface area contributed by atoms with E-state index < -0.39 is 5.97 Å². The molecule has 19 heavy (non-hydrogen) atoms. The van der Waals surface area contributed by atoms with Crippen LogP contribution in [0.3, 0.4) is 0 Å². The van der Waals surface area contributed by atoms with Crippen LogP contribution in [0.2, 0.25) is 0 Å². The SMILES string of the molecule is Cc1cccc(-n2nc(CC(=O)O)cc2C2CC2)c1. The van der Waals surface area contributed by atoms with Gasteiger partial charge in [-0.3, -0.25) is 4.79 Å². The average molecular weight is 256 g/mol.